The van der Waals surface area contributed by atoms with E-state index in [1.54, 1.807) is 6.07 Å². The normalized spacial score (nSPS) is 11.4. The Balaban J connectivity index is 2.17. The van der Waals surface area contributed by atoms with Crippen LogP contribution in [0, 0.1) is 12.7 Å². The van der Waals surface area contributed by atoms with Crippen molar-refractivity contribution in [2.24, 2.45) is 0 Å². The molecule has 108 valence electrons. The van der Waals surface area contributed by atoms with E-state index in [2.05, 4.69) is 22.0 Å². The van der Waals surface area contributed by atoms with Crippen molar-refractivity contribution in [1.29, 1.82) is 0 Å². The van der Waals surface area contributed by atoms with Crippen LogP contribution < -0.4 is 0 Å². The van der Waals surface area contributed by atoms with E-state index >= 15 is 0 Å². The molecule has 1 nitrogen and oxygen atoms in total. The van der Waals surface area contributed by atoms with Crippen LogP contribution in [0.25, 0.3) is 32.9 Å². The van der Waals surface area contributed by atoms with Crippen LogP contribution in [0.2, 0.25) is 0 Å². The highest BCUT2D eigenvalue weighted by Gasteiger charge is 2.18. The SMILES string of the molecule is Cc1oc2ccc3ccccc3c2c1-c1ccc(Br)cc1F. The summed E-state index contributed by atoms with van der Waals surface area (Å²) in [6, 6.07) is 17.2. The summed E-state index contributed by atoms with van der Waals surface area (Å²) in [5, 5.41) is 3.17. The molecule has 0 aliphatic heterocycles. The van der Waals surface area contributed by atoms with E-state index in [0.717, 1.165) is 37.5 Å². The smallest absolute Gasteiger partial charge is 0.135 e. The van der Waals surface area contributed by atoms with Crippen LogP contribution in [-0.2, 0) is 0 Å². The Morgan fingerprint density at radius 3 is 2.64 bits per heavy atom. The van der Waals surface area contributed by atoms with Crippen LogP contribution in [0.3, 0.4) is 0 Å². The Bertz CT molecular complexity index is 1020. The molecule has 0 N–H and O–H groups in total. The van der Waals surface area contributed by atoms with Gasteiger partial charge in [0.2, 0.25) is 0 Å². The van der Waals surface area contributed by atoms with Gasteiger partial charge in [0.05, 0.1) is 0 Å². The molecule has 1 heterocycles. The lowest BCUT2D eigenvalue weighted by molar-refractivity contribution is 0.578. The minimum Gasteiger partial charge on any atom is -0.461 e. The van der Waals surface area contributed by atoms with Gasteiger partial charge in [0, 0.05) is 21.0 Å². The third kappa shape index (κ3) is 1.97. The van der Waals surface area contributed by atoms with Gasteiger partial charge in [-0.05, 0) is 35.9 Å². The van der Waals surface area contributed by atoms with E-state index in [4.69, 9.17) is 4.42 Å². The van der Waals surface area contributed by atoms with Crippen molar-refractivity contribution in [2.45, 2.75) is 6.92 Å². The fourth-order valence-electron chi connectivity index (χ4n) is 3.00. The first kappa shape index (κ1) is 13.5. The van der Waals surface area contributed by atoms with Crippen LogP contribution in [0.15, 0.2) is 63.5 Å². The van der Waals surface area contributed by atoms with Crippen molar-refractivity contribution in [3.05, 3.63) is 70.6 Å². The molecule has 0 aliphatic carbocycles. The standard InChI is InChI=1S/C19H12BrFO/c1-11-18(15-8-7-13(20)10-16(15)21)19-14-5-3-2-4-12(14)6-9-17(19)22-11/h2-10H,1H3. The molecular formula is C19H12BrFO. The van der Waals surface area contributed by atoms with E-state index in [0.29, 0.717) is 5.56 Å². The molecule has 0 aliphatic rings. The molecule has 4 rings (SSSR count). The first-order valence-corrected chi connectivity index (χ1v) is 7.81. The predicted octanol–water partition coefficient (Wildman–Crippen LogP) is 6.46. The third-order valence-electron chi connectivity index (χ3n) is 3.96. The molecule has 4 aromatic rings. The Kier molecular flexibility index (Phi) is 3.05. The average molecular weight is 355 g/mol. The van der Waals surface area contributed by atoms with Gasteiger partial charge in [0.25, 0.3) is 0 Å². The molecule has 3 heteroatoms. The maximum absolute atomic E-state index is 14.5. The zero-order chi connectivity index (χ0) is 15.3. The first-order valence-electron chi connectivity index (χ1n) is 7.01. The van der Waals surface area contributed by atoms with Crippen LogP contribution in [0.1, 0.15) is 5.76 Å². The van der Waals surface area contributed by atoms with Crippen molar-refractivity contribution in [1.82, 2.24) is 0 Å². The summed E-state index contributed by atoms with van der Waals surface area (Å²) in [6.45, 7) is 1.88. The maximum Gasteiger partial charge on any atom is 0.135 e. The van der Waals surface area contributed by atoms with Gasteiger partial charge >= 0.3 is 0 Å². The number of hydrogen-bond donors (Lipinski definition) is 0. The number of rotatable bonds is 1. The van der Waals surface area contributed by atoms with E-state index < -0.39 is 0 Å². The summed E-state index contributed by atoms with van der Waals surface area (Å²) in [5.74, 6) is 0.473. The van der Waals surface area contributed by atoms with E-state index in [-0.39, 0.29) is 5.82 Å². The summed E-state index contributed by atoms with van der Waals surface area (Å²) in [7, 11) is 0. The number of hydrogen-bond acceptors (Lipinski definition) is 1. The van der Waals surface area contributed by atoms with Gasteiger partial charge in [-0.25, -0.2) is 4.39 Å². The zero-order valence-corrected chi connectivity index (χ0v) is 13.4. The molecule has 22 heavy (non-hydrogen) atoms. The number of furan rings is 1. The predicted molar refractivity (Wildman–Crippen MR) is 91.6 cm³/mol. The van der Waals surface area contributed by atoms with Gasteiger partial charge < -0.3 is 4.42 Å². The van der Waals surface area contributed by atoms with Crippen molar-refractivity contribution in [3.8, 4) is 11.1 Å². The largest absolute Gasteiger partial charge is 0.461 e. The number of fused-ring (bicyclic) bond motifs is 3. The van der Waals surface area contributed by atoms with Crippen molar-refractivity contribution < 1.29 is 8.81 Å². The summed E-state index contributed by atoms with van der Waals surface area (Å²) < 4.78 is 21.0. The molecule has 0 radical (unpaired) electrons. The fraction of sp³-hybridized carbons (Fsp3) is 0.0526. The third-order valence-corrected chi connectivity index (χ3v) is 4.45. The van der Waals surface area contributed by atoms with E-state index in [1.165, 1.54) is 6.07 Å². The Hall–Kier alpha value is -2.13. The average Bonchev–Trinajstić information content (AvgIpc) is 2.84. The van der Waals surface area contributed by atoms with Gasteiger partial charge in [-0.15, -0.1) is 0 Å². The second kappa shape index (κ2) is 4.96. The molecule has 0 unspecified atom stereocenters. The topological polar surface area (TPSA) is 13.1 Å². The van der Waals surface area contributed by atoms with Crippen molar-refractivity contribution >= 4 is 37.7 Å². The quantitative estimate of drug-likeness (QED) is 0.382. The number of benzene rings is 3. The van der Waals surface area contributed by atoms with Crippen LogP contribution in [0.5, 0.6) is 0 Å². The van der Waals surface area contributed by atoms with Gasteiger partial charge in [0.1, 0.15) is 17.2 Å². The van der Waals surface area contributed by atoms with Crippen molar-refractivity contribution in [2.75, 3.05) is 0 Å². The number of halogens is 2. The Labute approximate surface area is 135 Å². The number of aryl methyl sites for hydroxylation is 1. The van der Waals surface area contributed by atoms with Crippen LogP contribution >= 0.6 is 15.9 Å². The fourth-order valence-corrected chi connectivity index (χ4v) is 3.34. The molecule has 0 saturated carbocycles. The van der Waals surface area contributed by atoms with Gasteiger partial charge in [-0.3, -0.25) is 0 Å². The summed E-state index contributed by atoms with van der Waals surface area (Å²) in [5.41, 5.74) is 2.18. The monoisotopic (exact) mass is 354 g/mol. The second-order valence-corrected chi connectivity index (χ2v) is 6.23. The van der Waals surface area contributed by atoms with E-state index in [1.807, 2.05) is 43.3 Å². The zero-order valence-electron chi connectivity index (χ0n) is 11.9. The highest BCUT2D eigenvalue weighted by Crippen LogP contribution is 2.40. The molecule has 0 amide bonds. The molecule has 0 spiro atoms. The lowest BCUT2D eigenvalue weighted by atomic mass is 9.97. The minimum atomic E-state index is -0.256. The molecule has 0 saturated heterocycles. The second-order valence-electron chi connectivity index (χ2n) is 5.32. The summed E-state index contributed by atoms with van der Waals surface area (Å²) >= 11 is 3.30. The van der Waals surface area contributed by atoms with Crippen LogP contribution in [0.4, 0.5) is 4.39 Å². The molecule has 0 bridgehead atoms. The Morgan fingerprint density at radius 2 is 1.82 bits per heavy atom. The van der Waals surface area contributed by atoms with Gasteiger partial charge in [0.15, 0.2) is 0 Å². The van der Waals surface area contributed by atoms with Crippen LogP contribution in [-0.4, -0.2) is 0 Å². The first-order chi connectivity index (χ1) is 10.6. The molecule has 0 atom stereocenters. The summed E-state index contributed by atoms with van der Waals surface area (Å²) in [6.07, 6.45) is 0. The highest BCUT2D eigenvalue weighted by atomic mass is 79.9. The van der Waals surface area contributed by atoms with Gasteiger partial charge in [-0.2, -0.15) is 0 Å². The lowest BCUT2D eigenvalue weighted by Crippen LogP contribution is -1.86. The maximum atomic E-state index is 14.5. The molecule has 3 aromatic carbocycles. The van der Waals surface area contributed by atoms with Crippen molar-refractivity contribution in [3.63, 3.8) is 0 Å². The summed E-state index contributed by atoms with van der Waals surface area (Å²) in [4.78, 5) is 0. The Morgan fingerprint density at radius 1 is 1.00 bits per heavy atom. The minimum absolute atomic E-state index is 0.256. The molecule has 1 aromatic heterocycles. The van der Waals surface area contributed by atoms with E-state index in [9.17, 15) is 4.39 Å². The molecular weight excluding hydrogens is 343 g/mol. The molecule has 0 fully saturated rings. The van der Waals surface area contributed by atoms with Gasteiger partial charge in [-0.1, -0.05) is 52.3 Å². The highest BCUT2D eigenvalue weighted by molar-refractivity contribution is 9.10. The lowest BCUT2D eigenvalue weighted by Gasteiger charge is -2.05.